The molecule has 0 unspecified atom stereocenters. The predicted octanol–water partition coefficient (Wildman–Crippen LogP) is 3.75. The molecular formula is C18H23FO3Si. The molecule has 0 fully saturated rings. The first-order chi connectivity index (χ1) is 11.2. The molecule has 124 valence electrons. The van der Waals surface area contributed by atoms with Crippen LogP contribution in [0.15, 0.2) is 48.5 Å². The van der Waals surface area contributed by atoms with Crippen LogP contribution >= 0.6 is 0 Å². The lowest BCUT2D eigenvalue weighted by Gasteiger charge is -2.28. The van der Waals surface area contributed by atoms with E-state index in [1.165, 1.54) is 6.07 Å². The summed E-state index contributed by atoms with van der Waals surface area (Å²) in [6.07, 6.45) is 0. The lowest BCUT2D eigenvalue weighted by atomic mass is 10.1. The van der Waals surface area contributed by atoms with Gasteiger partial charge >= 0.3 is 8.80 Å². The van der Waals surface area contributed by atoms with Gasteiger partial charge in [0, 0.05) is 30.6 Å². The number of hydrogen-bond donors (Lipinski definition) is 0. The summed E-state index contributed by atoms with van der Waals surface area (Å²) in [4.78, 5) is 0. The first kappa shape index (κ1) is 17.8. The molecule has 0 radical (unpaired) electrons. The third-order valence-electron chi connectivity index (χ3n) is 3.41. The lowest BCUT2D eigenvalue weighted by Crippen LogP contribution is -2.57. The fourth-order valence-corrected chi connectivity index (χ4v) is 4.98. The van der Waals surface area contributed by atoms with E-state index in [0.29, 0.717) is 30.6 Å². The second-order valence-electron chi connectivity index (χ2n) is 4.92. The summed E-state index contributed by atoms with van der Waals surface area (Å²) >= 11 is 0. The minimum absolute atomic E-state index is 0.301. The molecule has 2 aromatic carbocycles. The maximum atomic E-state index is 14.6. The third kappa shape index (κ3) is 4.06. The van der Waals surface area contributed by atoms with Crippen molar-refractivity contribution in [3.05, 3.63) is 54.3 Å². The fraction of sp³-hybridized carbons (Fsp3) is 0.333. The zero-order valence-corrected chi connectivity index (χ0v) is 14.8. The van der Waals surface area contributed by atoms with Gasteiger partial charge in [0.2, 0.25) is 0 Å². The molecule has 23 heavy (non-hydrogen) atoms. The van der Waals surface area contributed by atoms with Gasteiger partial charge in [-0.05, 0) is 32.4 Å². The monoisotopic (exact) mass is 334 g/mol. The molecule has 0 aromatic heterocycles. The van der Waals surface area contributed by atoms with Crippen LogP contribution in [0.25, 0.3) is 11.1 Å². The van der Waals surface area contributed by atoms with Gasteiger partial charge in [0.25, 0.3) is 0 Å². The van der Waals surface area contributed by atoms with Crippen molar-refractivity contribution in [3.8, 4) is 11.1 Å². The first-order valence-corrected chi connectivity index (χ1v) is 9.66. The van der Waals surface area contributed by atoms with Crippen molar-refractivity contribution in [2.75, 3.05) is 19.8 Å². The SMILES string of the molecule is CCO[Si](OCC)(OCC)c1ccc(-c2ccccc2)c(F)c1. The molecule has 0 N–H and O–H groups in total. The van der Waals surface area contributed by atoms with Crippen molar-refractivity contribution in [2.45, 2.75) is 20.8 Å². The standard InChI is InChI=1S/C18H23FO3Si/c1-4-20-23(21-5-2,22-6-3)16-12-13-17(18(19)14-16)15-10-8-7-9-11-15/h7-14H,4-6H2,1-3H3. The summed E-state index contributed by atoms with van der Waals surface area (Å²) < 4.78 is 32.1. The van der Waals surface area contributed by atoms with Crippen LogP contribution < -0.4 is 5.19 Å². The van der Waals surface area contributed by atoms with E-state index in [1.54, 1.807) is 6.07 Å². The zero-order chi connectivity index (χ0) is 16.7. The van der Waals surface area contributed by atoms with Crippen molar-refractivity contribution in [1.29, 1.82) is 0 Å². The molecule has 0 atom stereocenters. The Morgan fingerprint density at radius 1 is 0.826 bits per heavy atom. The van der Waals surface area contributed by atoms with Gasteiger partial charge in [0.1, 0.15) is 5.82 Å². The van der Waals surface area contributed by atoms with E-state index in [2.05, 4.69) is 0 Å². The van der Waals surface area contributed by atoms with Crippen molar-refractivity contribution in [3.63, 3.8) is 0 Å². The van der Waals surface area contributed by atoms with E-state index in [1.807, 2.05) is 57.2 Å². The minimum atomic E-state index is -3.07. The highest BCUT2D eigenvalue weighted by atomic mass is 28.4. The van der Waals surface area contributed by atoms with Crippen LogP contribution in [0.4, 0.5) is 4.39 Å². The topological polar surface area (TPSA) is 27.7 Å². The zero-order valence-electron chi connectivity index (χ0n) is 13.8. The van der Waals surface area contributed by atoms with Crippen LogP contribution in [0.5, 0.6) is 0 Å². The molecular weight excluding hydrogens is 311 g/mol. The Kier molecular flexibility index (Phi) is 6.47. The van der Waals surface area contributed by atoms with Gasteiger partial charge in [-0.3, -0.25) is 0 Å². The Morgan fingerprint density at radius 3 is 1.87 bits per heavy atom. The second kappa shape index (κ2) is 8.36. The molecule has 2 rings (SSSR count). The van der Waals surface area contributed by atoms with Crippen molar-refractivity contribution in [1.82, 2.24) is 0 Å². The Labute approximate surface area is 138 Å². The van der Waals surface area contributed by atoms with Crippen LogP contribution in [0.1, 0.15) is 20.8 Å². The molecule has 3 nitrogen and oxygen atoms in total. The average molecular weight is 334 g/mol. The van der Waals surface area contributed by atoms with Gasteiger partial charge in [-0.25, -0.2) is 4.39 Å². The van der Waals surface area contributed by atoms with Gasteiger partial charge < -0.3 is 13.3 Å². The number of hydrogen-bond acceptors (Lipinski definition) is 3. The molecule has 0 aliphatic rings. The first-order valence-electron chi connectivity index (χ1n) is 7.94. The van der Waals surface area contributed by atoms with Gasteiger partial charge in [-0.15, -0.1) is 0 Å². The highest BCUT2D eigenvalue weighted by molar-refractivity contribution is 6.75. The predicted molar refractivity (Wildman–Crippen MR) is 92.1 cm³/mol. The van der Waals surface area contributed by atoms with Crippen molar-refractivity contribution in [2.24, 2.45) is 0 Å². The average Bonchev–Trinajstić information content (AvgIpc) is 2.56. The summed E-state index contributed by atoms with van der Waals surface area (Å²) in [5.74, 6) is -0.301. The van der Waals surface area contributed by atoms with Crippen molar-refractivity contribution < 1.29 is 17.7 Å². The maximum absolute atomic E-state index is 14.6. The smallest absolute Gasteiger partial charge is 0.370 e. The maximum Gasteiger partial charge on any atom is 0.537 e. The molecule has 0 aliphatic heterocycles. The Bertz CT molecular complexity index is 602. The largest absolute Gasteiger partial charge is 0.537 e. The normalized spacial score (nSPS) is 11.7. The molecule has 0 aliphatic carbocycles. The quantitative estimate of drug-likeness (QED) is 0.688. The molecule has 0 spiro atoms. The highest BCUT2D eigenvalue weighted by Gasteiger charge is 2.43. The van der Waals surface area contributed by atoms with E-state index >= 15 is 0 Å². The summed E-state index contributed by atoms with van der Waals surface area (Å²) in [5, 5.41) is 0.653. The van der Waals surface area contributed by atoms with Crippen molar-refractivity contribution >= 4 is 14.0 Å². The molecule has 0 saturated heterocycles. The van der Waals surface area contributed by atoms with Crippen LogP contribution in [-0.2, 0) is 13.3 Å². The van der Waals surface area contributed by atoms with Crippen LogP contribution in [0.2, 0.25) is 0 Å². The van der Waals surface area contributed by atoms with Gasteiger partial charge in [-0.1, -0.05) is 42.5 Å². The van der Waals surface area contributed by atoms with Crippen LogP contribution in [-0.4, -0.2) is 28.6 Å². The molecule has 0 bridgehead atoms. The van der Waals surface area contributed by atoms with E-state index in [4.69, 9.17) is 13.3 Å². The third-order valence-corrected chi connectivity index (χ3v) is 6.43. The number of halogens is 1. The molecule has 0 heterocycles. The number of benzene rings is 2. The molecule has 0 amide bonds. The molecule has 5 heteroatoms. The van der Waals surface area contributed by atoms with E-state index in [0.717, 1.165) is 5.56 Å². The summed E-state index contributed by atoms with van der Waals surface area (Å²) in [5.41, 5.74) is 1.40. The molecule has 0 saturated carbocycles. The van der Waals surface area contributed by atoms with E-state index in [-0.39, 0.29) is 5.82 Å². The van der Waals surface area contributed by atoms with Crippen LogP contribution in [0, 0.1) is 5.82 Å². The number of rotatable bonds is 8. The summed E-state index contributed by atoms with van der Waals surface area (Å²) in [6.45, 7) is 7.01. The lowest BCUT2D eigenvalue weighted by molar-refractivity contribution is 0.0858. The minimum Gasteiger partial charge on any atom is -0.370 e. The Hall–Kier alpha value is -1.53. The summed E-state index contributed by atoms with van der Waals surface area (Å²) in [7, 11) is -3.07. The Morgan fingerprint density at radius 2 is 1.39 bits per heavy atom. The van der Waals surface area contributed by atoms with E-state index < -0.39 is 8.80 Å². The highest BCUT2D eigenvalue weighted by Crippen LogP contribution is 2.23. The Balaban J connectivity index is 2.43. The van der Waals surface area contributed by atoms with E-state index in [9.17, 15) is 4.39 Å². The van der Waals surface area contributed by atoms with Gasteiger partial charge in [0.15, 0.2) is 0 Å². The van der Waals surface area contributed by atoms with Gasteiger partial charge in [-0.2, -0.15) is 0 Å². The van der Waals surface area contributed by atoms with Gasteiger partial charge in [0.05, 0.1) is 0 Å². The fourth-order valence-electron chi connectivity index (χ4n) is 2.50. The molecule has 2 aromatic rings. The van der Waals surface area contributed by atoms with Crippen LogP contribution in [0.3, 0.4) is 0 Å². The second-order valence-corrected chi connectivity index (χ2v) is 7.47. The summed E-state index contributed by atoms with van der Waals surface area (Å²) in [6, 6.07) is 14.6.